The van der Waals surface area contributed by atoms with Crippen LogP contribution < -0.4 is 5.32 Å². The lowest BCUT2D eigenvalue weighted by molar-refractivity contribution is 0.484. The van der Waals surface area contributed by atoms with E-state index in [0.717, 1.165) is 5.69 Å². The van der Waals surface area contributed by atoms with Gasteiger partial charge in [-0.2, -0.15) is 5.10 Å². The van der Waals surface area contributed by atoms with Crippen LogP contribution in [0.3, 0.4) is 0 Å². The van der Waals surface area contributed by atoms with Gasteiger partial charge in [0, 0.05) is 35.7 Å². The first kappa shape index (κ1) is 14.1. The molecule has 0 amide bonds. The van der Waals surface area contributed by atoms with Gasteiger partial charge in [-0.1, -0.05) is 15.9 Å². The number of rotatable bonds is 4. The van der Waals surface area contributed by atoms with Gasteiger partial charge in [0.05, 0.1) is 5.69 Å². The maximum atomic E-state index is 13.9. The van der Waals surface area contributed by atoms with Gasteiger partial charge in [0.25, 0.3) is 0 Å². The molecule has 0 spiro atoms. The maximum Gasteiger partial charge on any atom is 0.132 e. The first-order valence-corrected chi connectivity index (χ1v) is 6.60. The number of halogens is 3. The number of aromatic nitrogens is 2. The highest BCUT2D eigenvalue weighted by Gasteiger charge is 2.20. The topological polar surface area (TPSA) is 29.9 Å². The predicted octanol–water partition coefficient (Wildman–Crippen LogP) is 2.96. The Bertz CT molecular complexity index is 560. The monoisotopic (exact) mass is 329 g/mol. The molecule has 3 nitrogen and oxygen atoms in total. The van der Waals surface area contributed by atoms with E-state index in [-0.39, 0.29) is 5.56 Å². The Balaban J connectivity index is 2.32. The number of nitrogens with zero attached hydrogens (tertiary/aromatic N) is 2. The van der Waals surface area contributed by atoms with E-state index in [1.807, 2.05) is 6.07 Å². The molecule has 1 unspecified atom stereocenters. The van der Waals surface area contributed by atoms with Crippen molar-refractivity contribution in [3.63, 3.8) is 0 Å². The van der Waals surface area contributed by atoms with Crippen LogP contribution in [0.1, 0.15) is 17.3 Å². The van der Waals surface area contributed by atoms with Crippen molar-refractivity contribution < 1.29 is 8.78 Å². The number of hydrogen-bond acceptors (Lipinski definition) is 2. The van der Waals surface area contributed by atoms with Crippen LogP contribution in [0.5, 0.6) is 0 Å². The van der Waals surface area contributed by atoms with Crippen LogP contribution in [0.15, 0.2) is 28.9 Å². The minimum Gasteiger partial charge on any atom is -0.312 e. The molecule has 0 aliphatic rings. The van der Waals surface area contributed by atoms with Crippen molar-refractivity contribution in [3.05, 3.63) is 51.8 Å². The van der Waals surface area contributed by atoms with E-state index in [9.17, 15) is 8.78 Å². The summed E-state index contributed by atoms with van der Waals surface area (Å²) in [5.41, 5.74) is 0.819. The second-order valence-electron chi connectivity index (χ2n) is 4.31. The molecule has 1 aromatic heterocycles. The Hall–Kier alpha value is -1.27. The van der Waals surface area contributed by atoms with Crippen molar-refractivity contribution in [2.45, 2.75) is 12.5 Å². The van der Waals surface area contributed by atoms with Crippen LogP contribution in [0.4, 0.5) is 8.78 Å². The summed E-state index contributed by atoms with van der Waals surface area (Å²) in [4.78, 5) is 0. The van der Waals surface area contributed by atoms with Crippen LogP contribution >= 0.6 is 15.9 Å². The number of aryl methyl sites for hydroxylation is 1. The molecule has 19 heavy (non-hydrogen) atoms. The van der Waals surface area contributed by atoms with Crippen LogP contribution in [0, 0.1) is 11.6 Å². The van der Waals surface area contributed by atoms with Crippen molar-refractivity contribution in [2.24, 2.45) is 7.05 Å². The van der Waals surface area contributed by atoms with Gasteiger partial charge in [-0.15, -0.1) is 0 Å². The van der Waals surface area contributed by atoms with Gasteiger partial charge in [-0.3, -0.25) is 4.68 Å². The van der Waals surface area contributed by atoms with Crippen molar-refractivity contribution in [3.8, 4) is 0 Å². The minimum absolute atomic E-state index is 0.0383. The number of benzene rings is 1. The molecule has 1 atom stereocenters. The van der Waals surface area contributed by atoms with Crippen molar-refractivity contribution in [1.82, 2.24) is 15.1 Å². The Kier molecular flexibility index (Phi) is 4.31. The molecule has 0 aliphatic heterocycles. The Labute approximate surface area is 118 Å². The van der Waals surface area contributed by atoms with E-state index in [4.69, 9.17) is 0 Å². The summed E-state index contributed by atoms with van der Waals surface area (Å²) < 4.78 is 29.9. The molecule has 6 heteroatoms. The zero-order valence-electron chi connectivity index (χ0n) is 10.6. The molecule has 102 valence electrons. The molecule has 2 aromatic rings. The third kappa shape index (κ3) is 3.19. The summed E-state index contributed by atoms with van der Waals surface area (Å²) in [7, 11) is 3.48. The average Bonchev–Trinajstić information content (AvgIpc) is 2.72. The van der Waals surface area contributed by atoms with Gasteiger partial charge in [0.2, 0.25) is 0 Å². The van der Waals surface area contributed by atoms with Gasteiger partial charge in [0.15, 0.2) is 0 Å². The average molecular weight is 330 g/mol. The number of nitrogens with one attached hydrogen (secondary N) is 1. The molecule has 0 fully saturated rings. The fourth-order valence-electron chi connectivity index (χ4n) is 2.02. The van der Waals surface area contributed by atoms with Crippen LogP contribution in [0.2, 0.25) is 0 Å². The summed E-state index contributed by atoms with van der Waals surface area (Å²) in [6.45, 7) is 0. The minimum atomic E-state index is -0.567. The SMILES string of the molecule is CNC(Cc1ccn(C)n1)c1c(F)cc(Br)cc1F. The highest BCUT2D eigenvalue weighted by molar-refractivity contribution is 9.10. The van der Waals surface area contributed by atoms with Gasteiger partial charge < -0.3 is 5.32 Å². The lowest BCUT2D eigenvalue weighted by atomic mass is 10.0. The second-order valence-corrected chi connectivity index (χ2v) is 5.22. The third-order valence-corrected chi connectivity index (χ3v) is 3.38. The van der Waals surface area contributed by atoms with Gasteiger partial charge in [-0.05, 0) is 25.2 Å². The molecule has 0 bridgehead atoms. The summed E-state index contributed by atoms with van der Waals surface area (Å²) in [6, 6.07) is 3.91. The molecule has 2 rings (SSSR count). The lowest BCUT2D eigenvalue weighted by Gasteiger charge is -2.17. The number of hydrogen-bond donors (Lipinski definition) is 1. The molecular weight excluding hydrogens is 316 g/mol. The highest BCUT2D eigenvalue weighted by Crippen LogP contribution is 2.26. The van der Waals surface area contributed by atoms with E-state index in [1.165, 1.54) is 12.1 Å². The molecular formula is C13H14BrF2N3. The van der Waals surface area contributed by atoms with Crippen molar-refractivity contribution in [1.29, 1.82) is 0 Å². The summed E-state index contributed by atoms with van der Waals surface area (Å²) in [5.74, 6) is -1.13. The third-order valence-electron chi connectivity index (χ3n) is 2.92. The van der Waals surface area contributed by atoms with Crippen molar-refractivity contribution in [2.75, 3.05) is 7.05 Å². The summed E-state index contributed by atoms with van der Waals surface area (Å²) >= 11 is 3.07. The van der Waals surface area contributed by atoms with E-state index < -0.39 is 17.7 Å². The first-order chi connectivity index (χ1) is 9.01. The fourth-order valence-corrected chi connectivity index (χ4v) is 2.42. The zero-order valence-corrected chi connectivity index (χ0v) is 12.2. The van der Waals surface area contributed by atoms with Gasteiger partial charge in [-0.25, -0.2) is 8.78 Å². The van der Waals surface area contributed by atoms with Crippen LogP contribution in [0.25, 0.3) is 0 Å². The second kappa shape index (κ2) is 5.79. The molecule has 1 aromatic carbocycles. The first-order valence-electron chi connectivity index (χ1n) is 5.81. The standard InChI is InChI=1S/C13H14BrF2N3/c1-17-12(7-9-3-4-19(2)18-9)13-10(15)5-8(14)6-11(13)16/h3-6,12,17H,7H2,1-2H3. The normalized spacial score (nSPS) is 12.7. The smallest absolute Gasteiger partial charge is 0.132 e. The Morgan fingerprint density at radius 3 is 2.47 bits per heavy atom. The quantitative estimate of drug-likeness (QED) is 0.934. The maximum absolute atomic E-state index is 13.9. The lowest BCUT2D eigenvalue weighted by Crippen LogP contribution is -2.22. The highest BCUT2D eigenvalue weighted by atomic mass is 79.9. The molecule has 0 saturated carbocycles. The van der Waals surface area contributed by atoms with E-state index in [0.29, 0.717) is 10.9 Å². The Morgan fingerprint density at radius 1 is 1.37 bits per heavy atom. The van der Waals surface area contributed by atoms with Gasteiger partial charge in [0.1, 0.15) is 11.6 Å². The molecule has 0 radical (unpaired) electrons. The van der Waals surface area contributed by atoms with E-state index in [1.54, 1.807) is 25.0 Å². The molecule has 0 saturated heterocycles. The van der Waals surface area contributed by atoms with Crippen molar-refractivity contribution >= 4 is 15.9 Å². The predicted molar refractivity (Wildman–Crippen MR) is 72.8 cm³/mol. The Morgan fingerprint density at radius 2 is 2.00 bits per heavy atom. The number of likely N-dealkylation sites (N-methyl/N-ethyl adjacent to an activating group) is 1. The van der Waals surface area contributed by atoms with Crippen LogP contribution in [-0.2, 0) is 13.5 Å². The molecule has 0 aliphatic carbocycles. The van der Waals surface area contributed by atoms with E-state index in [2.05, 4.69) is 26.3 Å². The van der Waals surface area contributed by atoms with Crippen LogP contribution in [-0.4, -0.2) is 16.8 Å². The molecule has 1 heterocycles. The zero-order chi connectivity index (χ0) is 14.0. The largest absolute Gasteiger partial charge is 0.312 e. The fraction of sp³-hybridized carbons (Fsp3) is 0.308. The summed E-state index contributed by atoms with van der Waals surface area (Å²) in [5, 5.41) is 7.16. The van der Waals surface area contributed by atoms with Gasteiger partial charge >= 0.3 is 0 Å². The molecule has 1 N–H and O–H groups in total. The summed E-state index contributed by atoms with van der Waals surface area (Å²) in [6.07, 6.45) is 2.23. The van der Waals surface area contributed by atoms with E-state index >= 15 is 0 Å².